The zero-order chi connectivity index (χ0) is 26.3. The first-order valence-electron chi connectivity index (χ1n) is 11.7. The summed E-state index contributed by atoms with van der Waals surface area (Å²) in [4.78, 5) is 41.7. The number of halogens is 1. The van der Waals surface area contributed by atoms with Crippen molar-refractivity contribution in [1.82, 2.24) is 5.32 Å². The molecule has 2 heterocycles. The predicted molar refractivity (Wildman–Crippen MR) is 132 cm³/mol. The molecule has 4 atom stereocenters. The maximum absolute atomic E-state index is 13.9. The predicted octanol–water partition coefficient (Wildman–Crippen LogP) is 3.36. The lowest BCUT2D eigenvalue weighted by Crippen LogP contribution is -2.57. The minimum Gasteiger partial charge on any atom is -0.497 e. The Hall–Kier alpha value is -4.24. The number of methoxy groups -OCH3 is 2. The molecular formula is C28H25FN2O6. The Balaban J connectivity index is 1.68. The van der Waals surface area contributed by atoms with E-state index in [1.165, 1.54) is 26.4 Å². The number of anilines is 1. The second-order valence-electron chi connectivity index (χ2n) is 9.16. The van der Waals surface area contributed by atoms with E-state index < -0.39 is 47.0 Å². The van der Waals surface area contributed by atoms with Gasteiger partial charge in [-0.3, -0.25) is 19.7 Å². The SMILES string of the molecule is COc1ccc([C@@H]2N[C@](Cc3ccccc3)(C(=O)O)[C@H]3C(=O)N(c4ccc(F)cc4)C(=O)[C@H]23)c(OC)c1. The van der Waals surface area contributed by atoms with Crippen LogP contribution in [0.1, 0.15) is 17.2 Å². The summed E-state index contributed by atoms with van der Waals surface area (Å²) >= 11 is 0. The number of hydrogen-bond acceptors (Lipinski definition) is 6. The van der Waals surface area contributed by atoms with E-state index in [0.29, 0.717) is 22.6 Å². The van der Waals surface area contributed by atoms with Crippen LogP contribution >= 0.6 is 0 Å². The molecule has 190 valence electrons. The van der Waals surface area contributed by atoms with Crippen LogP contribution in [0.15, 0.2) is 72.8 Å². The summed E-state index contributed by atoms with van der Waals surface area (Å²) < 4.78 is 24.4. The van der Waals surface area contributed by atoms with Crippen LogP contribution in [-0.2, 0) is 20.8 Å². The van der Waals surface area contributed by atoms with Gasteiger partial charge in [0.15, 0.2) is 0 Å². The number of carbonyl (C=O) groups excluding carboxylic acids is 2. The molecular weight excluding hydrogens is 479 g/mol. The highest BCUT2D eigenvalue weighted by atomic mass is 19.1. The first kappa shape index (κ1) is 24.5. The van der Waals surface area contributed by atoms with Gasteiger partial charge in [0, 0.05) is 24.1 Å². The number of carbonyl (C=O) groups is 3. The van der Waals surface area contributed by atoms with Crippen molar-refractivity contribution >= 4 is 23.5 Å². The average Bonchev–Trinajstić information content (AvgIpc) is 3.38. The lowest BCUT2D eigenvalue weighted by Gasteiger charge is -2.31. The van der Waals surface area contributed by atoms with Crippen molar-refractivity contribution in [3.8, 4) is 11.5 Å². The molecule has 0 saturated carbocycles. The zero-order valence-electron chi connectivity index (χ0n) is 20.2. The third-order valence-corrected chi connectivity index (χ3v) is 7.22. The molecule has 0 unspecified atom stereocenters. The van der Waals surface area contributed by atoms with Gasteiger partial charge in [0.2, 0.25) is 11.8 Å². The van der Waals surface area contributed by atoms with Crippen molar-refractivity contribution in [3.05, 3.63) is 89.7 Å². The fourth-order valence-electron chi connectivity index (χ4n) is 5.54. The highest BCUT2D eigenvalue weighted by molar-refractivity contribution is 6.24. The molecule has 2 aliphatic heterocycles. The number of aliphatic carboxylic acids is 1. The van der Waals surface area contributed by atoms with Gasteiger partial charge in [-0.25, -0.2) is 9.29 Å². The normalized spacial score (nSPS) is 24.7. The van der Waals surface area contributed by atoms with Crippen LogP contribution in [0.5, 0.6) is 11.5 Å². The van der Waals surface area contributed by atoms with Crippen LogP contribution in [0.25, 0.3) is 0 Å². The summed E-state index contributed by atoms with van der Waals surface area (Å²) in [5, 5.41) is 13.8. The van der Waals surface area contributed by atoms with Gasteiger partial charge in [0.1, 0.15) is 22.9 Å². The molecule has 0 radical (unpaired) electrons. The van der Waals surface area contributed by atoms with Gasteiger partial charge >= 0.3 is 5.97 Å². The number of fused-ring (bicyclic) bond motifs is 1. The Morgan fingerprint density at radius 3 is 2.32 bits per heavy atom. The number of imide groups is 1. The van der Waals surface area contributed by atoms with Gasteiger partial charge in [0.05, 0.1) is 31.7 Å². The van der Waals surface area contributed by atoms with E-state index in [2.05, 4.69) is 5.32 Å². The van der Waals surface area contributed by atoms with Gasteiger partial charge in [0.25, 0.3) is 0 Å². The van der Waals surface area contributed by atoms with Crippen LogP contribution in [0.3, 0.4) is 0 Å². The quantitative estimate of drug-likeness (QED) is 0.476. The van der Waals surface area contributed by atoms with Crippen molar-refractivity contribution < 1.29 is 33.4 Å². The number of hydrogen-bond donors (Lipinski definition) is 2. The summed E-state index contributed by atoms with van der Waals surface area (Å²) in [6.45, 7) is 0. The second-order valence-corrected chi connectivity index (χ2v) is 9.16. The van der Waals surface area contributed by atoms with E-state index in [1.807, 2.05) is 6.07 Å². The molecule has 3 aromatic carbocycles. The lowest BCUT2D eigenvalue weighted by molar-refractivity contribution is -0.148. The maximum Gasteiger partial charge on any atom is 0.325 e. The summed E-state index contributed by atoms with van der Waals surface area (Å²) in [7, 11) is 2.97. The van der Waals surface area contributed by atoms with Crippen LogP contribution in [-0.4, -0.2) is 42.6 Å². The van der Waals surface area contributed by atoms with Gasteiger partial charge in [-0.15, -0.1) is 0 Å². The van der Waals surface area contributed by atoms with Crippen LogP contribution in [0.4, 0.5) is 10.1 Å². The number of ether oxygens (including phenoxy) is 2. The summed E-state index contributed by atoms with van der Waals surface area (Å²) in [6.07, 6.45) is -0.0322. The Labute approximate surface area is 212 Å². The van der Waals surface area contributed by atoms with Gasteiger partial charge in [-0.05, 0) is 35.9 Å². The number of benzene rings is 3. The molecule has 8 nitrogen and oxygen atoms in total. The average molecular weight is 505 g/mol. The molecule has 37 heavy (non-hydrogen) atoms. The highest BCUT2D eigenvalue weighted by Crippen LogP contribution is 2.52. The Morgan fingerprint density at radius 2 is 1.70 bits per heavy atom. The molecule has 2 amide bonds. The van der Waals surface area contributed by atoms with Gasteiger partial charge in [-0.2, -0.15) is 0 Å². The number of carboxylic acids is 1. The van der Waals surface area contributed by atoms with Gasteiger partial charge in [-0.1, -0.05) is 36.4 Å². The number of nitrogens with zero attached hydrogens (tertiary/aromatic N) is 1. The molecule has 9 heteroatoms. The molecule has 0 spiro atoms. The third-order valence-electron chi connectivity index (χ3n) is 7.22. The Morgan fingerprint density at radius 1 is 1.00 bits per heavy atom. The van der Waals surface area contributed by atoms with Crippen molar-refractivity contribution in [2.24, 2.45) is 11.8 Å². The fraction of sp³-hybridized carbons (Fsp3) is 0.250. The number of carboxylic acid groups (broad SMARTS) is 1. The smallest absolute Gasteiger partial charge is 0.325 e. The fourth-order valence-corrected chi connectivity index (χ4v) is 5.54. The minimum atomic E-state index is -1.79. The monoisotopic (exact) mass is 504 g/mol. The molecule has 2 aliphatic rings. The van der Waals surface area contributed by atoms with E-state index in [4.69, 9.17) is 9.47 Å². The minimum absolute atomic E-state index is 0.0322. The molecule has 0 bridgehead atoms. The molecule has 2 fully saturated rings. The summed E-state index contributed by atoms with van der Waals surface area (Å²) in [5.74, 6) is -4.34. The Kier molecular flexibility index (Phi) is 6.16. The Bertz CT molecular complexity index is 1360. The molecule has 5 rings (SSSR count). The van der Waals surface area contributed by atoms with Crippen molar-refractivity contribution in [2.75, 3.05) is 19.1 Å². The van der Waals surface area contributed by atoms with E-state index >= 15 is 0 Å². The van der Waals surface area contributed by atoms with E-state index in [0.717, 1.165) is 17.0 Å². The van der Waals surface area contributed by atoms with E-state index in [1.54, 1.807) is 42.5 Å². The first-order chi connectivity index (χ1) is 17.8. The van der Waals surface area contributed by atoms with Crippen molar-refractivity contribution in [1.29, 1.82) is 0 Å². The lowest BCUT2D eigenvalue weighted by atomic mass is 9.76. The summed E-state index contributed by atoms with van der Waals surface area (Å²) in [5.41, 5.74) is -0.385. The number of nitrogens with one attached hydrogen (secondary N) is 1. The topological polar surface area (TPSA) is 105 Å². The van der Waals surface area contributed by atoms with Crippen LogP contribution in [0.2, 0.25) is 0 Å². The van der Waals surface area contributed by atoms with E-state index in [9.17, 15) is 23.9 Å². The second kappa shape index (κ2) is 9.33. The van der Waals surface area contributed by atoms with E-state index in [-0.39, 0.29) is 12.1 Å². The first-order valence-corrected chi connectivity index (χ1v) is 11.7. The molecule has 3 aromatic rings. The highest BCUT2D eigenvalue weighted by Gasteiger charge is 2.68. The van der Waals surface area contributed by atoms with Crippen LogP contribution < -0.4 is 19.7 Å². The number of rotatable bonds is 7. The van der Waals surface area contributed by atoms with Crippen molar-refractivity contribution in [3.63, 3.8) is 0 Å². The molecule has 0 aromatic heterocycles. The maximum atomic E-state index is 13.9. The third kappa shape index (κ3) is 3.92. The summed E-state index contributed by atoms with van der Waals surface area (Å²) in [6, 6.07) is 18.1. The standard InChI is InChI=1S/C28H25FN2O6/c1-36-19-12-13-20(21(14-19)37-2)24-22-23(26(33)31(25(22)32)18-10-8-17(29)9-11-18)28(30-24,27(34)35)15-16-6-4-3-5-7-16/h3-14,22-24,30H,15H2,1-2H3,(H,34,35)/t22-,23+,24-,28-/m0/s1. The van der Waals surface area contributed by atoms with Crippen molar-refractivity contribution in [2.45, 2.75) is 18.0 Å². The molecule has 2 N–H and O–H groups in total. The zero-order valence-corrected chi connectivity index (χ0v) is 20.2. The number of amides is 2. The largest absolute Gasteiger partial charge is 0.497 e. The van der Waals surface area contributed by atoms with Crippen LogP contribution in [0, 0.1) is 17.7 Å². The molecule has 2 saturated heterocycles. The molecule has 0 aliphatic carbocycles. The van der Waals surface area contributed by atoms with Gasteiger partial charge < -0.3 is 14.6 Å².